The maximum Gasteiger partial charge on any atom is 0.243 e. The van der Waals surface area contributed by atoms with Crippen molar-refractivity contribution in [3.05, 3.63) is 30.3 Å². The second kappa shape index (κ2) is 5.84. The molecular weight excluding hydrogens is 272 g/mol. The average molecular weight is 294 g/mol. The van der Waals surface area contributed by atoms with Crippen molar-refractivity contribution in [1.82, 2.24) is 9.62 Å². The van der Waals surface area contributed by atoms with Crippen LogP contribution in [-0.2, 0) is 10.0 Å². The molecule has 0 amide bonds. The molecule has 2 fully saturated rings. The van der Waals surface area contributed by atoms with Gasteiger partial charge in [-0.25, -0.2) is 8.42 Å². The fourth-order valence-corrected chi connectivity index (χ4v) is 4.90. The summed E-state index contributed by atoms with van der Waals surface area (Å²) in [6, 6.07) is 8.77. The van der Waals surface area contributed by atoms with Gasteiger partial charge in [-0.2, -0.15) is 4.31 Å². The molecule has 2 aliphatic heterocycles. The number of benzene rings is 1. The summed E-state index contributed by atoms with van der Waals surface area (Å²) in [5, 5.41) is 3.41. The second-order valence-electron chi connectivity index (χ2n) is 5.81. The third-order valence-electron chi connectivity index (χ3n) is 4.64. The van der Waals surface area contributed by atoms with E-state index in [1.54, 1.807) is 28.6 Å². The number of nitrogens with zero attached hydrogens (tertiary/aromatic N) is 1. The molecule has 0 spiro atoms. The van der Waals surface area contributed by atoms with Crippen molar-refractivity contribution >= 4 is 10.0 Å². The minimum atomic E-state index is -3.29. The topological polar surface area (TPSA) is 49.4 Å². The van der Waals surface area contributed by atoms with E-state index in [0.717, 1.165) is 31.8 Å². The molecule has 1 unspecified atom stereocenters. The summed E-state index contributed by atoms with van der Waals surface area (Å²) in [4.78, 5) is 0.418. The second-order valence-corrected chi connectivity index (χ2v) is 7.75. The van der Waals surface area contributed by atoms with E-state index in [-0.39, 0.29) is 0 Å². The van der Waals surface area contributed by atoms with E-state index in [4.69, 9.17) is 0 Å². The van der Waals surface area contributed by atoms with Gasteiger partial charge in [0.05, 0.1) is 4.90 Å². The van der Waals surface area contributed by atoms with Crippen molar-refractivity contribution < 1.29 is 8.42 Å². The minimum absolute atomic E-state index is 0.418. The molecule has 1 N–H and O–H groups in total. The van der Waals surface area contributed by atoms with Gasteiger partial charge >= 0.3 is 0 Å². The smallest absolute Gasteiger partial charge is 0.243 e. The van der Waals surface area contributed by atoms with Crippen LogP contribution in [0.5, 0.6) is 0 Å². The molecule has 0 aliphatic carbocycles. The van der Waals surface area contributed by atoms with Crippen molar-refractivity contribution in [2.24, 2.45) is 11.8 Å². The zero-order valence-electron chi connectivity index (χ0n) is 11.7. The summed E-state index contributed by atoms with van der Waals surface area (Å²) in [5.41, 5.74) is 0. The van der Waals surface area contributed by atoms with Crippen molar-refractivity contribution in [3.8, 4) is 0 Å². The summed E-state index contributed by atoms with van der Waals surface area (Å²) >= 11 is 0. The van der Waals surface area contributed by atoms with Gasteiger partial charge in [0.25, 0.3) is 0 Å². The first-order valence-electron chi connectivity index (χ1n) is 7.44. The normalized spacial score (nSPS) is 25.9. The Kier molecular flexibility index (Phi) is 4.10. The Balaban J connectivity index is 1.65. The Morgan fingerprint density at radius 2 is 1.70 bits per heavy atom. The number of piperidine rings is 1. The first-order chi connectivity index (χ1) is 9.68. The fraction of sp³-hybridized carbons (Fsp3) is 0.600. The first-order valence-corrected chi connectivity index (χ1v) is 8.88. The zero-order chi connectivity index (χ0) is 14.0. The molecule has 2 aliphatic rings. The maximum absolute atomic E-state index is 12.5. The molecular formula is C15H22N2O2S. The molecule has 20 heavy (non-hydrogen) atoms. The van der Waals surface area contributed by atoms with Gasteiger partial charge in [0.2, 0.25) is 10.0 Å². The van der Waals surface area contributed by atoms with Crippen LogP contribution in [0.15, 0.2) is 35.2 Å². The lowest BCUT2D eigenvalue weighted by atomic mass is 9.84. The van der Waals surface area contributed by atoms with Gasteiger partial charge in [0.1, 0.15) is 0 Å². The molecule has 1 aromatic carbocycles. The van der Waals surface area contributed by atoms with E-state index in [1.165, 1.54) is 6.42 Å². The summed E-state index contributed by atoms with van der Waals surface area (Å²) in [7, 11) is -3.29. The lowest BCUT2D eigenvalue weighted by Gasteiger charge is -2.33. The predicted octanol–water partition coefficient (Wildman–Crippen LogP) is 1.70. The fourth-order valence-electron chi connectivity index (χ4n) is 3.41. The highest BCUT2D eigenvalue weighted by Crippen LogP contribution is 2.31. The van der Waals surface area contributed by atoms with Crippen LogP contribution in [0.25, 0.3) is 0 Å². The Labute approximate surface area is 121 Å². The van der Waals surface area contributed by atoms with Crippen LogP contribution in [0.1, 0.15) is 19.3 Å². The van der Waals surface area contributed by atoms with E-state index < -0.39 is 10.0 Å². The zero-order valence-corrected chi connectivity index (χ0v) is 12.5. The SMILES string of the molecule is O=S(=O)(c1ccccc1)N1CCC(C2CCNC2)CC1. The summed E-state index contributed by atoms with van der Waals surface area (Å²) in [6.07, 6.45) is 3.24. The Morgan fingerprint density at radius 3 is 2.30 bits per heavy atom. The minimum Gasteiger partial charge on any atom is -0.316 e. The number of rotatable bonds is 3. The van der Waals surface area contributed by atoms with Crippen LogP contribution in [0.3, 0.4) is 0 Å². The van der Waals surface area contributed by atoms with E-state index in [0.29, 0.717) is 23.9 Å². The van der Waals surface area contributed by atoms with E-state index in [1.807, 2.05) is 6.07 Å². The Hall–Kier alpha value is -0.910. The lowest BCUT2D eigenvalue weighted by molar-refractivity contribution is 0.216. The van der Waals surface area contributed by atoms with Gasteiger partial charge in [-0.3, -0.25) is 0 Å². The molecule has 2 heterocycles. The standard InChI is InChI=1S/C15H22N2O2S/c18-20(19,15-4-2-1-3-5-15)17-10-7-13(8-11-17)14-6-9-16-12-14/h1-5,13-14,16H,6-12H2. The molecule has 110 valence electrons. The summed E-state index contributed by atoms with van der Waals surface area (Å²) in [5.74, 6) is 1.43. The van der Waals surface area contributed by atoms with Gasteiger partial charge in [-0.1, -0.05) is 18.2 Å². The highest BCUT2D eigenvalue weighted by Gasteiger charge is 2.33. The van der Waals surface area contributed by atoms with Crippen molar-refractivity contribution in [2.45, 2.75) is 24.2 Å². The van der Waals surface area contributed by atoms with Crippen LogP contribution in [0.4, 0.5) is 0 Å². The number of sulfonamides is 1. The molecule has 4 nitrogen and oxygen atoms in total. The average Bonchev–Trinajstić information content (AvgIpc) is 3.02. The van der Waals surface area contributed by atoms with Crippen LogP contribution in [0, 0.1) is 11.8 Å². The van der Waals surface area contributed by atoms with Gasteiger partial charge in [-0.15, -0.1) is 0 Å². The van der Waals surface area contributed by atoms with Crippen LogP contribution in [-0.4, -0.2) is 38.9 Å². The van der Waals surface area contributed by atoms with Crippen molar-refractivity contribution in [1.29, 1.82) is 0 Å². The largest absolute Gasteiger partial charge is 0.316 e. The molecule has 1 aromatic rings. The third-order valence-corrected chi connectivity index (χ3v) is 6.56. The van der Waals surface area contributed by atoms with Gasteiger partial charge in [0, 0.05) is 13.1 Å². The van der Waals surface area contributed by atoms with Crippen LogP contribution < -0.4 is 5.32 Å². The van der Waals surface area contributed by atoms with E-state index >= 15 is 0 Å². The quantitative estimate of drug-likeness (QED) is 0.923. The van der Waals surface area contributed by atoms with Crippen LogP contribution >= 0.6 is 0 Å². The predicted molar refractivity (Wildman–Crippen MR) is 78.9 cm³/mol. The van der Waals surface area contributed by atoms with Crippen LogP contribution in [0.2, 0.25) is 0 Å². The molecule has 0 radical (unpaired) electrons. The van der Waals surface area contributed by atoms with Crippen molar-refractivity contribution in [3.63, 3.8) is 0 Å². The lowest BCUT2D eigenvalue weighted by Crippen LogP contribution is -2.40. The van der Waals surface area contributed by atoms with Gasteiger partial charge < -0.3 is 5.32 Å². The number of hydrogen-bond acceptors (Lipinski definition) is 3. The highest BCUT2D eigenvalue weighted by molar-refractivity contribution is 7.89. The Morgan fingerprint density at radius 1 is 1.00 bits per heavy atom. The molecule has 0 saturated carbocycles. The number of nitrogens with one attached hydrogen (secondary N) is 1. The van der Waals surface area contributed by atoms with Crippen molar-refractivity contribution in [2.75, 3.05) is 26.2 Å². The molecule has 2 saturated heterocycles. The third kappa shape index (κ3) is 2.75. The van der Waals surface area contributed by atoms with Gasteiger partial charge in [0.15, 0.2) is 0 Å². The molecule has 1 atom stereocenters. The first kappa shape index (κ1) is 14.0. The molecule has 0 aromatic heterocycles. The molecule has 0 bridgehead atoms. The van der Waals surface area contributed by atoms with E-state index in [2.05, 4.69) is 5.32 Å². The summed E-state index contributed by atoms with van der Waals surface area (Å²) in [6.45, 7) is 3.56. The van der Waals surface area contributed by atoms with Gasteiger partial charge in [-0.05, 0) is 56.3 Å². The molecule has 3 rings (SSSR count). The highest BCUT2D eigenvalue weighted by atomic mass is 32.2. The van der Waals surface area contributed by atoms with E-state index in [9.17, 15) is 8.42 Å². The monoisotopic (exact) mass is 294 g/mol. The summed E-state index contributed by atoms with van der Waals surface area (Å²) < 4.78 is 26.7. The maximum atomic E-state index is 12.5. The molecule has 5 heteroatoms. The Bertz CT molecular complexity index is 530. The number of hydrogen-bond donors (Lipinski definition) is 1.